The fourth-order valence-electron chi connectivity index (χ4n) is 2.79. The van der Waals surface area contributed by atoms with Crippen LogP contribution in [0.5, 0.6) is 5.88 Å². The minimum atomic E-state index is -2.92. The Labute approximate surface area is 148 Å². The molecule has 1 aromatic heterocycles. The number of pyridine rings is 1. The van der Waals surface area contributed by atoms with Gasteiger partial charge in [-0.1, -0.05) is 6.07 Å². The number of cyclic esters (lactones) is 1. The van der Waals surface area contributed by atoms with Gasteiger partial charge in [-0.15, -0.1) is 0 Å². The standard InChI is InChI=1S/C18H17F3N2O3/c1-10-9-26-18(24)23(10)8-13-5-12(7-22-17(13)25-2)11-3-4-15(19)14(6-11)16(20)21/h3-7,10,16H,8-9H2,1-2H3/t10-/m0/s1. The maximum Gasteiger partial charge on any atom is 0.410 e. The summed E-state index contributed by atoms with van der Waals surface area (Å²) in [5.74, 6) is -0.643. The number of carbonyl (C=O) groups is 1. The number of methoxy groups -OCH3 is 1. The van der Waals surface area contributed by atoms with Gasteiger partial charge in [-0.3, -0.25) is 4.90 Å². The van der Waals surface area contributed by atoms with E-state index >= 15 is 0 Å². The number of hydrogen-bond acceptors (Lipinski definition) is 4. The third-order valence-corrected chi connectivity index (χ3v) is 4.24. The van der Waals surface area contributed by atoms with Crippen LogP contribution in [0.1, 0.15) is 24.5 Å². The van der Waals surface area contributed by atoms with Crippen LogP contribution >= 0.6 is 0 Å². The van der Waals surface area contributed by atoms with E-state index in [2.05, 4.69) is 4.98 Å². The molecule has 1 fully saturated rings. The maximum atomic E-state index is 13.5. The van der Waals surface area contributed by atoms with Crippen molar-refractivity contribution < 1.29 is 27.4 Å². The van der Waals surface area contributed by atoms with Gasteiger partial charge < -0.3 is 9.47 Å². The van der Waals surface area contributed by atoms with Crippen molar-refractivity contribution >= 4 is 6.09 Å². The zero-order valence-electron chi connectivity index (χ0n) is 14.2. The number of aromatic nitrogens is 1. The highest BCUT2D eigenvalue weighted by Gasteiger charge is 2.30. The fourth-order valence-corrected chi connectivity index (χ4v) is 2.79. The number of rotatable bonds is 5. The summed E-state index contributed by atoms with van der Waals surface area (Å²) in [6, 6.07) is 5.08. The Bertz CT molecular complexity index is 829. The first-order chi connectivity index (χ1) is 12.4. The molecule has 0 unspecified atom stereocenters. The summed E-state index contributed by atoms with van der Waals surface area (Å²) >= 11 is 0. The van der Waals surface area contributed by atoms with Crippen molar-refractivity contribution in [3.63, 3.8) is 0 Å². The van der Waals surface area contributed by atoms with E-state index in [0.717, 1.165) is 12.1 Å². The summed E-state index contributed by atoms with van der Waals surface area (Å²) in [4.78, 5) is 17.5. The number of amides is 1. The van der Waals surface area contributed by atoms with E-state index in [-0.39, 0.29) is 12.6 Å². The summed E-state index contributed by atoms with van der Waals surface area (Å²) in [6.45, 7) is 2.35. The van der Waals surface area contributed by atoms with Crippen LogP contribution in [0, 0.1) is 5.82 Å². The number of nitrogens with zero attached hydrogens (tertiary/aromatic N) is 2. The average molecular weight is 366 g/mol. The van der Waals surface area contributed by atoms with Crippen LogP contribution in [0.15, 0.2) is 30.5 Å². The van der Waals surface area contributed by atoms with Gasteiger partial charge in [-0.25, -0.2) is 22.9 Å². The second kappa shape index (κ2) is 7.23. The Morgan fingerprint density at radius 3 is 2.73 bits per heavy atom. The molecule has 1 aliphatic heterocycles. The molecule has 2 aromatic rings. The summed E-state index contributed by atoms with van der Waals surface area (Å²) < 4.78 is 49.6. The first kappa shape index (κ1) is 18.0. The highest BCUT2D eigenvalue weighted by molar-refractivity contribution is 5.70. The van der Waals surface area contributed by atoms with Crippen LogP contribution in [0.3, 0.4) is 0 Å². The Balaban J connectivity index is 1.97. The molecule has 2 heterocycles. The number of benzene rings is 1. The van der Waals surface area contributed by atoms with E-state index in [1.807, 2.05) is 6.92 Å². The quantitative estimate of drug-likeness (QED) is 0.797. The van der Waals surface area contributed by atoms with Crippen molar-refractivity contribution in [2.24, 2.45) is 0 Å². The van der Waals surface area contributed by atoms with E-state index in [0.29, 0.717) is 29.2 Å². The molecule has 0 bridgehead atoms. The van der Waals surface area contributed by atoms with Crippen LogP contribution in [-0.2, 0) is 11.3 Å². The first-order valence-electron chi connectivity index (χ1n) is 7.95. The third kappa shape index (κ3) is 3.44. The van der Waals surface area contributed by atoms with Gasteiger partial charge >= 0.3 is 6.09 Å². The summed E-state index contributed by atoms with van der Waals surface area (Å²) in [5.41, 5.74) is 0.841. The van der Waals surface area contributed by atoms with Crippen molar-refractivity contribution in [2.45, 2.75) is 25.9 Å². The Morgan fingerprint density at radius 1 is 1.35 bits per heavy atom. The molecule has 0 spiro atoms. The van der Waals surface area contributed by atoms with Gasteiger partial charge in [0.1, 0.15) is 12.4 Å². The lowest BCUT2D eigenvalue weighted by atomic mass is 10.0. The number of alkyl halides is 2. The number of carbonyl (C=O) groups excluding carboxylic acids is 1. The van der Waals surface area contributed by atoms with Crippen molar-refractivity contribution in [1.82, 2.24) is 9.88 Å². The normalized spacial score (nSPS) is 16.9. The molecule has 0 radical (unpaired) electrons. The molecule has 0 saturated carbocycles. The lowest BCUT2D eigenvalue weighted by molar-refractivity contribution is 0.146. The zero-order valence-corrected chi connectivity index (χ0v) is 14.2. The third-order valence-electron chi connectivity index (χ3n) is 4.24. The molecule has 1 atom stereocenters. The largest absolute Gasteiger partial charge is 0.481 e. The van der Waals surface area contributed by atoms with Crippen LogP contribution < -0.4 is 4.74 Å². The van der Waals surface area contributed by atoms with Crippen LogP contribution in [0.2, 0.25) is 0 Å². The minimum absolute atomic E-state index is 0.105. The lowest BCUT2D eigenvalue weighted by Gasteiger charge is -2.19. The monoisotopic (exact) mass is 366 g/mol. The Hall–Kier alpha value is -2.77. The summed E-state index contributed by atoms with van der Waals surface area (Å²) in [5, 5.41) is 0. The maximum absolute atomic E-state index is 13.5. The molecule has 1 aromatic carbocycles. The van der Waals surface area contributed by atoms with Gasteiger partial charge in [0, 0.05) is 17.3 Å². The van der Waals surface area contributed by atoms with Crippen molar-refractivity contribution in [3.8, 4) is 17.0 Å². The summed E-state index contributed by atoms with van der Waals surface area (Å²) in [6.07, 6.45) is -1.90. The molecule has 1 aliphatic rings. The topological polar surface area (TPSA) is 51.7 Å². The molecule has 26 heavy (non-hydrogen) atoms. The van der Waals surface area contributed by atoms with Gasteiger partial charge in [0.25, 0.3) is 6.43 Å². The summed E-state index contributed by atoms with van der Waals surface area (Å²) in [7, 11) is 1.45. The van der Waals surface area contributed by atoms with Gasteiger partial charge in [0.05, 0.1) is 25.3 Å². The molecule has 3 rings (SSSR count). The van der Waals surface area contributed by atoms with Crippen molar-refractivity contribution in [3.05, 3.63) is 47.4 Å². The number of halogens is 3. The molecule has 0 aliphatic carbocycles. The Morgan fingerprint density at radius 2 is 2.12 bits per heavy atom. The lowest BCUT2D eigenvalue weighted by Crippen LogP contribution is -2.30. The van der Waals surface area contributed by atoms with Gasteiger partial charge in [0.2, 0.25) is 5.88 Å². The Kier molecular flexibility index (Phi) is 5.01. The second-order valence-electron chi connectivity index (χ2n) is 5.98. The molecule has 8 heteroatoms. The highest BCUT2D eigenvalue weighted by atomic mass is 19.3. The molecular weight excluding hydrogens is 349 g/mol. The molecule has 138 valence electrons. The first-order valence-corrected chi connectivity index (χ1v) is 7.95. The average Bonchev–Trinajstić information content (AvgIpc) is 2.94. The SMILES string of the molecule is COc1ncc(-c2ccc(F)c(C(F)F)c2)cc1CN1C(=O)OC[C@@H]1C. The van der Waals surface area contributed by atoms with E-state index < -0.39 is 23.9 Å². The number of ether oxygens (including phenoxy) is 2. The predicted molar refractivity (Wildman–Crippen MR) is 87.5 cm³/mol. The second-order valence-corrected chi connectivity index (χ2v) is 5.98. The van der Waals surface area contributed by atoms with Crippen LogP contribution in [-0.4, -0.2) is 35.7 Å². The molecule has 0 N–H and O–H groups in total. The van der Waals surface area contributed by atoms with E-state index in [1.165, 1.54) is 24.3 Å². The number of hydrogen-bond donors (Lipinski definition) is 0. The van der Waals surface area contributed by atoms with Gasteiger partial charge in [0.15, 0.2) is 0 Å². The predicted octanol–water partition coefficient (Wildman–Crippen LogP) is 4.17. The molecule has 1 amide bonds. The fraction of sp³-hybridized carbons (Fsp3) is 0.333. The van der Waals surface area contributed by atoms with E-state index in [9.17, 15) is 18.0 Å². The highest BCUT2D eigenvalue weighted by Crippen LogP contribution is 2.31. The minimum Gasteiger partial charge on any atom is -0.481 e. The van der Waals surface area contributed by atoms with E-state index in [4.69, 9.17) is 9.47 Å². The van der Waals surface area contributed by atoms with Crippen molar-refractivity contribution in [1.29, 1.82) is 0 Å². The van der Waals surface area contributed by atoms with Crippen LogP contribution in [0.25, 0.3) is 11.1 Å². The van der Waals surface area contributed by atoms with E-state index in [1.54, 1.807) is 6.07 Å². The molecule has 1 saturated heterocycles. The molecule has 5 nitrogen and oxygen atoms in total. The van der Waals surface area contributed by atoms with Gasteiger partial charge in [-0.05, 0) is 30.7 Å². The van der Waals surface area contributed by atoms with Gasteiger partial charge in [-0.2, -0.15) is 0 Å². The van der Waals surface area contributed by atoms with Crippen molar-refractivity contribution in [2.75, 3.05) is 13.7 Å². The zero-order chi connectivity index (χ0) is 18.8. The smallest absolute Gasteiger partial charge is 0.410 e. The van der Waals surface area contributed by atoms with Crippen LogP contribution in [0.4, 0.5) is 18.0 Å². The molecular formula is C18H17F3N2O3.